The number of halogens is 1. The van der Waals surface area contributed by atoms with Gasteiger partial charge in [-0.25, -0.2) is 10.2 Å². The van der Waals surface area contributed by atoms with E-state index in [0.717, 1.165) is 34.8 Å². The highest BCUT2D eigenvalue weighted by atomic mass is 19.1. The van der Waals surface area contributed by atoms with Crippen LogP contribution in [0.3, 0.4) is 0 Å². The molecule has 8 nitrogen and oxygen atoms in total. The highest BCUT2D eigenvalue weighted by Crippen LogP contribution is 2.45. The third-order valence-corrected chi connectivity index (χ3v) is 7.85. The second-order valence-electron chi connectivity index (χ2n) is 11.2. The van der Waals surface area contributed by atoms with Gasteiger partial charge in [-0.15, -0.1) is 0 Å². The third-order valence-electron chi connectivity index (χ3n) is 7.85. The third kappa shape index (κ3) is 4.89. The molecule has 0 spiro atoms. The van der Waals surface area contributed by atoms with Crippen molar-refractivity contribution in [1.29, 1.82) is 0 Å². The minimum absolute atomic E-state index is 0.0910. The maximum absolute atomic E-state index is 15.6. The fourth-order valence-corrected chi connectivity index (χ4v) is 5.99. The average molecular weight is 548 g/mol. The van der Waals surface area contributed by atoms with E-state index in [2.05, 4.69) is 4.57 Å². The van der Waals surface area contributed by atoms with Gasteiger partial charge in [0.25, 0.3) is 0 Å². The molecule has 2 aromatic carbocycles. The molecule has 1 atom stereocenters. The Bertz CT molecular complexity index is 1580. The monoisotopic (exact) mass is 547 g/mol. The summed E-state index contributed by atoms with van der Waals surface area (Å²) in [4.78, 5) is 4.91. The zero-order valence-corrected chi connectivity index (χ0v) is 23.7. The number of methoxy groups -OCH3 is 1. The Hall–Kier alpha value is -3.66. The van der Waals surface area contributed by atoms with Gasteiger partial charge in [0.1, 0.15) is 11.6 Å². The number of allylic oxidation sites excluding steroid dienone is 1. The Labute approximate surface area is 234 Å². The molecule has 1 aliphatic rings. The van der Waals surface area contributed by atoms with E-state index in [1.807, 2.05) is 30.3 Å². The molecule has 1 saturated heterocycles. The van der Waals surface area contributed by atoms with E-state index in [1.54, 1.807) is 47.2 Å². The maximum Gasteiger partial charge on any atom is 0.130 e. The lowest BCUT2D eigenvalue weighted by atomic mass is 9.86. The summed E-state index contributed by atoms with van der Waals surface area (Å²) < 4.78 is 29.4. The van der Waals surface area contributed by atoms with Gasteiger partial charge in [0.15, 0.2) is 0 Å². The molecule has 212 valence electrons. The molecular formula is C31H38FN5O3. The summed E-state index contributed by atoms with van der Waals surface area (Å²) in [6.07, 6.45) is 3.29. The van der Waals surface area contributed by atoms with Crippen LogP contribution >= 0.6 is 0 Å². The molecule has 0 aliphatic carbocycles. The molecule has 0 radical (unpaired) electrons. The first-order valence-electron chi connectivity index (χ1n) is 13.5. The van der Waals surface area contributed by atoms with Gasteiger partial charge in [0.05, 0.1) is 46.4 Å². The second kappa shape index (κ2) is 10.7. The molecule has 1 aliphatic heterocycles. The number of benzene rings is 2. The fourth-order valence-electron chi connectivity index (χ4n) is 5.99. The SMILES string of the molecule is COc1cc(C(C)(C)O)cc2c1c1ncc(/C(=C(\C)N)N(C)N)cc1n2C(c1ccccc1F)C1CCOCC1. The second-order valence-corrected chi connectivity index (χ2v) is 11.2. The predicted octanol–water partition coefficient (Wildman–Crippen LogP) is 5.03. The van der Waals surface area contributed by atoms with Crippen molar-refractivity contribution in [2.45, 2.75) is 45.3 Å². The summed E-state index contributed by atoms with van der Waals surface area (Å²) in [6.45, 7) is 6.47. The number of hydrogen-bond donors (Lipinski definition) is 3. The largest absolute Gasteiger partial charge is 0.496 e. The zero-order valence-electron chi connectivity index (χ0n) is 23.7. The van der Waals surface area contributed by atoms with Gasteiger partial charge in [0, 0.05) is 43.3 Å². The predicted molar refractivity (Wildman–Crippen MR) is 156 cm³/mol. The van der Waals surface area contributed by atoms with Crippen LogP contribution in [-0.4, -0.2) is 47.0 Å². The lowest BCUT2D eigenvalue weighted by Crippen LogP contribution is -2.28. The normalized spacial score (nSPS) is 16.3. The van der Waals surface area contributed by atoms with Crippen molar-refractivity contribution in [3.05, 3.63) is 76.9 Å². The summed E-state index contributed by atoms with van der Waals surface area (Å²) in [5, 5.41) is 13.3. The van der Waals surface area contributed by atoms with E-state index >= 15 is 4.39 Å². The highest BCUT2D eigenvalue weighted by Gasteiger charge is 2.33. The standard InChI is InChI=1S/C31H38FN5O3/c1-18(33)29(36(4)34)20-14-25-28(35-17-20)27-24(15-21(31(2,3)38)16-26(27)39-5)37(25)30(19-10-12-40-13-11-19)22-8-6-7-9-23(22)32/h6-9,14-17,19,30,38H,10-13,33-34H2,1-5H3/b29-18-. The number of nitrogens with two attached hydrogens (primary N) is 2. The van der Waals surface area contributed by atoms with Crippen LogP contribution in [0.15, 0.2) is 54.4 Å². The van der Waals surface area contributed by atoms with Crippen LogP contribution in [0, 0.1) is 11.7 Å². The van der Waals surface area contributed by atoms with Crippen LogP contribution in [0.4, 0.5) is 4.39 Å². The summed E-state index contributed by atoms with van der Waals surface area (Å²) in [5.41, 5.74) is 10.6. The number of aromatic nitrogens is 2. The lowest BCUT2D eigenvalue weighted by Gasteiger charge is -2.33. The van der Waals surface area contributed by atoms with Crippen molar-refractivity contribution in [3.63, 3.8) is 0 Å². The van der Waals surface area contributed by atoms with Crippen LogP contribution < -0.4 is 16.3 Å². The molecule has 5 rings (SSSR count). The zero-order chi connectivity index (χ0) is 28.8. The summed E-state index contributed by atoms with van der Waals surface area (Å²) >= 11 is 0. The summed E-state index contributed by atoms with van der Waals surface area (Å²) in [5.74, 6) is 6.58. The van der Waals surface area contributed by atoms with Gasteiger partial charge in [-0.05, 0) is 69.4 Å². The molecule has 4 aromatic rings. The first-order chi connectivity index (χ1) is 19.0. The molecule has 5 N–H and O–H groups in total. The van der Waals surface area contributed by atoms with Crippen molar-refractivity contribution in [3.8, 4) is 5.75 Å². The van der Waals surface area contributed by atoms with E-state index in [9.17, 15) is 5.11 Å². The van der Waals surface area contributed by atoms with Gasteiger partial charge in [-0.2, -0.15) is 0 Å². The minimum Gasteiger partial charge on any atom is -0.496 e. The minimum atomic E-state index is -1.14. The first-order valence-corrected chi connectivity index (χ1v) is 13.5. The molecule has 0 saturated carbocycles. The summed E-state index contributed by atoms with van der Waals surface area (Å²) in [7, 11) is 3.34. The van der Waals surface area contributed by atoms with Crippen molar-refractivity contribution in [2.24, 2.45) is 17.5 Å². The molecule has 40 heavy (non-hydrogen) atoms. The van der Waals surface area contributed by atoms with Gasteiger partial charge < -0.3 is 29.9 Å². The van der Waals surface area contributed by atoms with Crippen molar-refractivity contribution >= 4 is 27.6 Å². The number of nitrogens with zero attached hydrogens (tertiary/aromatic N) is 3. The molecule has 9 heteroatoms. The Morgan fingerprint density at radius 1 is 1.20 bits per heavy atom. The molecule has 3 heterocycles. The van der Waals surface area contributed by atoms with Gasteiger partial charge in [-0.3, -0.25) is 4.98 Å². The Morgan fingerprint density at radius 3 is 2.50 bits per heavy atom. The van der Waals surface area contributed by atoms with Crippen LogP contribution in [-0.2, 0) is 10.3 Å². The van der Waals surface area contributed by atoms with Crippen molar-refractivity contribution < 1.29 is 19.0 Å². The molecule has 1 fully saturated rings. The Kier molecular flexibility index (Phi) is 7.48. The lowest BCUT2D eigenvalue weighted by molar-refractivity contribution is 0.0548. The fraction of sp³-hybridized carbons (Fsp3) is 0.387. The number of fused-ring (bicyclic) bond motifs is 3. The van der Waals surface area contributed by atoms with E-state index in [4.69, 9.17) is 26.0 Å². The number of rotatable bonds is 7. The topological polar surface area (TPSA) is 112 Å². The smallest absolute Gasteiger partial charge is 0.130 e. The number of ether oxygens (including phenoxy) is 2. The van der Waals surface area contributed by atoms with E-state index in [0.29, 0.717) is 47.0 Å². The van der Waals surface area contributed by atoms with Crippen molar-refractivity contribution in [2.75, 3.05) is 27.4 Å². The van der Waals surface area contributed by atoms with Crippen LogP contribution in [0.5, 0.6) is 5.75 Å². The molecule has 0 bridgehead atoms. The first kappa shape index (κ1) is 27.9. The van der Waals surface area contributed by atoms with Crippen LogP contribution in [0.1, 0.15) is 56.3 Å². The van der Waals surface area contributed by atoms with Crippen molar-refractivity contribution in [1.82, 2.24) is 14.6 Å². The van der Waals surface area contributed by atoms with E-state index < -0.39 is 5.60 Å². The molecule has 1 unspecified atom stereocenters. The van der Waals surface area contributed by atoms with Gasteiger partial charge in [-0.1, -0.05) is 18.2 Å². The van der Waals surface area contributed by atoms with Gasteiger partial charge >= 0.3 is 0 Å². The number of hydrogen-bond acceptors (Lipinski definition) is 7. The Morgan fingerprint density at radius 2 is 1.90 bits per heavy atom. The Balaban J connectivity index is 1.95. The van der Waals surface area contributed by atoms with E-state index in [1.165, 1.54) is 11.1 Å². The summed E-state index contributed by atoms with van der Waals surface area (Å²) in [6, 6.07) is 12.4. The molecule has 2 aromatic heterocycles. The maximum atomic E-state index is 15.6. The number of hydrazine groups is 1. The highest BCUT2D eigenvalue weighted by molar-refractivity contribution is 6.10. The molecule has 0 amide bonds. The number of aliphatic hydroxyl groups is 1. The quantitative estimate of drug-likeness (QED) is 0.220. The van der Waals surface area contributed by atoms with E-state index in [-0.39, 0.29) is 17.8 Å². The van der Waals surface area contributed by atoms with Gasteiger partial charge in [0.2, 0.25) is 0 Å². The average Bonchev–Trinajstić information content (AvgIpc) is 3.23. The molecular weight excluding hydrogens is 509 g/mol. The number of pyridine rings is 1. The van der Waals surface area contributed by atoms with Crippen LogP contribution in [0.25, 0.3) is 27.6 Å². The van der Waals surface area contributed by atoms with Crippen LogP contribution in [0.2, 0.25) is 0 Å².